The van der Waals surface area contributed by atoms with Crippen LogP contribution in [0.25, 0.3) is 0 Å². The molecule has 0 spiro atoms. The van der Waals surface area contributed by atoms with Gasteiger partial charge in [-0.15, -0.1) is 0 Å². The van der Waals surface area contributed by atoms with E-state index in [0.717, 1.165) is 0 Å². The molecule has 0 fully saturated rings. The Morgan fingerprint density at radius 2 is 1.72 bits per heavy atom. The van der Waals surface area contributed by atoms with Crippen molar-refractivity contribution in [2.75, 3.05) is 11.9 Å². The van der Waals surface area contributed by atoms with E-state index >= 15 is 0 Å². The van der Waals surface area contributed by atoms with Crippen molar-refractivity contribution in [3.8, 4) is 0 Å². The molecular formula is C19H20F2N2O2. The van der Waals surface area contributed by atoms with Gasteiger partial charge in [-0.1, -0.05) is 24.3 Å². The van der Waals surface area contributed by atoms with Crippen LogP contribution < -0.4 is 10.6 Å². The standard InChI is InChI=1S/C19H20F2N2O2/c1-19(2,18(25)23-15-8-5-7-14(20)12-15)17(24)22-11-10-13-6-3-4-9-16(13)21/h3-9,12H,10-11H2,1-2H3,(H,22,24)(H,23,25). The summed E-state index contributed by atoms with van der Waals surface area (Å²) in [4.78, 5) is 24.6. The number of anilines is 1. The summed E-state index contributed by atoms with van der Waals surface area (Å²) in [7, 11) is 0. The smallest absolute Gasteiger partial charge is 0.239 e. The Bertz CT molecular complexity index is 776. The van der Waals surface area contributed by atoms with Crippen LogP contribution in [0.15, 0.2) is 48.5 Å². The highest BCUT2D eigenvalue weighted by molar-refractivity contribution is 6.09. The van der Waals surface area contributed by atoms with Crippen molar-refractivity contribution < 1.29 is 18.4 Å². The van der Waals surface area contributed by atoms with Gasteiger partial charge in [0.05, 0.1) is 0 Å². The molecule has 2 rings (SSSR count). The van der Waals surface area contributed by atoms with Crippen molar-refractivity contribution in [2.24, 2.45) is 5.41 Å². The second-order valence-electron chi connectivity index (χ2n) is 6.19. The first kappa shape index (κ1) is 18.6. The van der Waals surface area contributed by atoms with E-state index in [1.165, 1.54) is 44.2 Å². The van der Waals surface area contributed by atoms with Crippen molar-refractivity contribution in [2.45, 2.75) is 20.3 Å². The Balaban J connectivity index is 1.92. The molecule has 0 radical (unpaired) electrons. The summed E-state index contributed by atoms with van der Waals surface area (Å²) in [6.45, 7) is 3.15. The van der Waals surface area contributed by atoms with Crippen LogP contribution in [0.5, 0.6) is 0 Å². The number of nitrogens with one attached hydrogen (secondary N) is 2. The van der Waals surface area contributed by atoms with E-state index < -0.39 is 23.0 Å². The third kappa shape index (κ3) is 4.86. The molecule has 0 aliphatic rings. The molecule has 0 aromatic heterocycles. The van der Waals surface area contributed by atoms with Crippen molar-refractivity contribution in [1.29, 1.82) is 0 Å². The number of hydrogen-bond acceptors (Lipinski definition) is 2. The fourth-order valence-corrected chi connectivity index (χ4v) is 2.19. The first-order chi connectivity index (χ1) is 11.8. The van der Waals surface area contributed by atoms with E-state index in [-0.39, 0.29) is 18.0 Å². The quantitative estimate of drug-likeness (QED) is 0.789. The normalized spacial score (nSPS) is 11.0. The minimum atomic E-state index is -1.36. The van der Waals surface area contributed by atoms with Crippen molar-refractivity contribution in [3.63, 3.8) is 0 Å². The number of rotatable bonds is 6. The SMILES string of the molecule is CC(C)(C(=O)NCCc1ccccc1F)C(=O)Nc1cccc(F)c1. The van der Waals surface area contributed by atoms with Gasteiger partial charge in [-0.25, -0.2) is 8.78 Å². The lowest BCUT2D eigenvalue weighted by molar-refractivity contribution is -0.138. The number of benzene rings is 2. The van der Waals surface area contributed by atoms with E-state index in [4.69, 9.17) is 0 Å². The van der Waals surface area contributed by atoms with Crippen LogP contribution in [-0.4, -0.2) is 18.4 Å². The first-order valence-electron chi connectivity index (χ1n) is 7.89. The van der Waals surface area contributed by atoms with E-state index in [0.29, 0.717) is 12.0 Å². The zero-order valence-corrected chi connectivity index (χ0v) is 14.1. The molecule has 0 unspecified atom stereocenters. The van der Waals surface area contributed by atoms with Gasteiger partial charge in [0.2, 0.25) is 11.8 Å². The van der Waals surface area contributed by atoms with Crippen LogP contribution in [0.2, 0.25) is 0 Å². The van der Waals surface area contributed by atoms with Gasteiger partial charge in [0.25, 0.3) is 0 Å². The van der Waals surface area contributed by atoms with Gasteiger partial charge in [0, 0.05) is 12.2 Å². The molecule has 0 atom stereocenters. The summed E-state index contributed by atoms with van der Waals surface area (Å²) in [6, 6.07) is 11.7. The van der Waals surface area contributed by atoms with Crippen molar-refractivity contribution in [3.05, 3.63) is 65.7 Å². The summed E-state index contributed by atoms with van der Waals surface area (Å²) in [5.74, 6) is -1.86. The molecule has 6 heteroatoms. The van der Waals surface area contributed by atoms with Crippen LogP contribution in [-0.2, 0) is 16.0 Å². The van der Waals surface area contributed by atoms with Crippen LogP contribution >= 0.6 is 0 Å². The topological polar surface area (TPSA) is 58.2 Å². The Morgan fingerprint density at radius 1 is 1.00 bits per heavy atom. The number of hydrogen-bond donors (Lipinski definition) is 2. The maximum atomic E-state index is 13.5. The molecule has 2 N–H and O–H groups in total. The van der Waals surface area contributed by atoms with Crippen LogP contribution in [0, 0.1) is 17.0 Å². The van der Waals surface area contributed by atoms with Gasteiger partial charge in [-0.05, 0) is 50.1 Å². The van der Waals surface area contributed by atoms with Gasteiger partial charge < -0.3 is 10.6 Å². The van der Waals surface area contributed by atoms with Crippen LogP contribution in [0.3, 0.4) is 0 Å². The lowest BCUT2D eigenvalue weighted by Gasteiger charge is -2.22. The molecular weight excluding hydrogens is 326 g/mol. The number of amides is 2. The molecule has 2 amide bonds. The van der Waals surface area contributed by atoms with Gasteiger partial charge in [-0.2, -0.15) is 0 Å². The van der Waals surface area contributed by atoms with E-state index in [1.807, 2.05) is 0 Å². The fourth-order valence-electron chi connectivity index (χ4n) is 2.19. The molecule has 0 bridgehead atoms. The Kier molecular flexibility index (Phi) is 5.85. The molecule has 2 aromatic rings. The number of carbonyl (C=O) groups is 2. The minimum absolute atomic E-state index is 0.205. The van der Waals surface area contributed by atoms with Gasteiger partial charge in [-0.3, -0.25) is 9.59 Å². The summed E-state index contributed by atoms with van der Waals surface area (Å²) in [5, 5.41) is 5.16. The second kappa shape index (κ2) is 7.88. The number of carbonyl (C=O) groups excluding carboxylic acids is 2. The van der Waals surface area contributed by atoms with Crippen molar-refractivity contribution in [1.82, 2.24) is 5.32 Å². The Hall–Kier alpha value is -2.76. The summed E-state index contributed by atoms with van der Waals surface area (Å²) < 4.78 is 26.7. The summed E-state index contributed by atoms with van der Waals surface area (Å²) in [5.41, 5.74) is -0.594. The predicted octanol–water partition coefficient (Wildman–Crippen LogP) is 3.29. The molecule has 2 aromatic carbocycles. The fraction of sp³-hybridized carbons (Fsp3) is 0.263. The largest absolute Gasteiger partial charge is 0.355 e. The predicted molar refractivity (Wildman–Crippen MR) is 91.9 cm³/mol. The average molecular weight is 346 g/mol. The Morgan fingerprint density at radius 3 is 2.40 bits per heavy atom. The second-order valence-corrected chi connectivity index (χ2v) is 6.19. The zero-order chi connectivity index (χ0) is 18.4. The summed E-state index contributed by atoms with van der Waals surface area (Å²) >= 11 is 0. The Labute approximate surface area is 145 Å². The maximum absolute atomic E-state index is 13.5. The molecule has 132 valence electrons. The molecule has 0 saturated heterocycles. The van der Waals surface area contributed by atoms with Gasteiger partial charge >= 0.3 is 0 Å². The third-order valence-electron chi connectivity index (χ3n) is 3.86. The molecule has 25 heavy (non-hydrogen) atoms. The highest BCUT2D eigenvalue weighted by Gasteiger charge is 2.35. The van der Waals surface area contributed by atoms with Crippen LogP contribution in [0.4, 0.5) is 14.5 Å². The number of halogens is 2. The lowest BCUT2D eigenvalue weighted by atomic mass is 9.91. The monoisotopic (exact) mass is 346 g/mol. The molecule has 0 heterocycles. The third-order valence-corrected chi connectivity index (χ3v) is 3.86. The molecule has 0 aliphatic carbocycles. The van der Waals surface area contributed by atoms with Gasteiger partial charge in [0.1, 0.15) is 17.0 Å². The summed E-state index contributed by atoms with van der Waals surface area (Å²) in [6.07, 6.45) is 0.319. The average Bonchev–Trinajstić information content (AvgIpc) is 2.56. The van der Waals surface area contributed by atoms with Crippen LogP contribution in [0.1, 0.15) is 19.4 Å². The van der Waals surface area contributed by atoms with E-state index in [1.54, 1.807) is 18.2 Å². The van der Waals surface area contributed by atoms with Crippen molar-refractivity contribution >= 4 is 17.5 Å². The highest BCUT2D eigenvalue weighted by atomic mass is 19.1. The molecule has 0 aliphatic heterocycles. The minimum Gasteiger partial charge on any atom is -0.355 e. The van der Waals surface area contributed by atoms with Gasteiger partial charge in [0.15, 0.2) is 0 Å². The first-order valence-corrected chi connectivity index (χ1v) is 7.89. The molecule has 0 saturated carbocycles. The zero-order valence-electron chi connectivity index (χ0n) is 14.1. The van der Waals surface area contributed by atoms with E-state index in [9.17, 15) is 18.4 Å². The lowest BCUT2D eigenvalue weighted by Crippen LogP contribution is -2.45. The molecule has 4 nitrogen and oxygen atoms in total. The van der Waals surface area contributed by atoms with E-state index in [2.05, 4.69) is 10.6 Å². The maximum Gasteiger partial charge on any atom is 0.239 e. The highest BCUT2D eigenvalue weighted by Crippen LogP contribution is 2.19.